The maximum Gasteiger partial charge on any atom is 0.233 e. The van der Waals surface area contributed by atoms with E-state index in [0.717, 1.165) is 0 Å². The van der Waals surface area contributed by atoms with Crippen LogP contribution < -0.4 is 4.74 Å². The van der Waals surface area contributed by atoms with E-state index in [1.165, 1.54) is 26.3 Å². The number of ether oxygens (including phenoxy) is 1. The van der Waals surface area contributed by atoms with Crippen LogP contribution in [0.25, 0.3) is 0 Å². The van der Waals surface area contributed by atoms with E-state index in [1.807, 2.05) is 0 Å². The fourth-order valence-corrected chi connectivity index (χ4v) is 1.96. The van der Waals surface area contributed by atoms with Gasteiger partial charge in [0.05, 0.1) is 7.11 Å². The molecule has 20 heavy (non-hydrogen) atoms. The number of carbonyl (C=O) groups is 1. The van der Waals surface area contributed by atoms with Gasteiger partial charge < -0.3 is 4.74 Å². The van der Waals surface area contributed by atoms with Crippen LogP contribution in [-0.2, 0) is 0 Å². The standard InChI is InChI=1S/C12H10Cl3N3O2/c1-6(13)18-11(15)9(16-2)10(19)7-4-5-17-12(20-3)8(7)14/h4-5H,2H2,1,3H3/b11-9-,18-6+. The normalized spacial score (nSPS) is 12.8. The molecule has 0 aliphatic rings. The largest absolute Gasteiger partial charge is 0.480 e. The number of halogens is 3. The van der Waals surface area contributed by atoms with Crippen molar-refractivity contribution < 1.29 is 9.53 Å². The maximum absolute atomic E-state index is 12.3. The number of hydrogen-bond donors (Lipinski definition) is 0. The van der Waals surface area contributed by atoms with Crippen LogP contribution in [0.15, 0.2) is 33.1 Å². The van der Waals surface area contributed by atoms with E-state index in [9.17, 15) is 4.79 Å². The lowest BCUT2D eigenvalue weighted by Gasteiger charge is -2.07. The van der Waals surface area contributed by atoms with Crippen molar-refractivity contribution in [1.82, 2.24) is 4.98 Å². The summed E-state index contributed by atoms with van der Waals surface area (Å²) in [5, 5.41) is 0.0314. The lowest BCUT2D eigenvalue weighted by molar-refractivity contribution is 0.103. The molecular formula is C12H10Cl3N3O2. The van der Waals surface area contributed by atoms with E-state index in [-0.39, 0.29) is 32.5 Å². The summed E-state index contributed by atoms with van der Waals surface area (Å²) in [4.78, 5) is 23.5. The van der Waals surface area contributed by atoms with Crippen LogP contribution in [0.5, 0.6) is 5.88 Å². The van der Waals surface area contributed by atoms with Gasteiger partial charge in [-0.15, -0.1) is 0 Å². The number of pyridine rings is 1. The Kier molecular flexibility index (Phi) is 6.13. The van der Waals surface area contributed by atoms with Crippen molar-refractivity contribution in [3.8, 4) is 5.88 Å². The molecule has 0 bridgehead atoms. The van der Waals surface area contributed by atoms with Crippen molar-refractivity contribution in [3.63, 3.8) is 0 Å². The molecule has 0 N–H and O–H groups in total. The molecule has 0 saturated heterocycles. The smallest absolute Gasteiger partial charge is 0.233 e. The lowest BCUT2D eigenvalue weighted by Crippen LogP contribution is -2.05. The third-order valence-corrected chi connectivity index (χ3v) is 2.83. The zero-order chi connectivity index (χ0) is 15.3. The number of rotatable bonds is 5. The zero-order valence-corrected chi connectivity index (χ0v) is 12.9. The van der Waals surface area contributed by atoms with Crippen LogP contribution in [0.2, 0.25) is 5.02 Å². The minimum absolute atomic E-state index is 0.0530. The molecule has 0 fully saturated rings. The Morgan fingerprint density at radius 1 is 1.45 bits per heavy atom. The summed E-state index contributed by atoms with van der Waals surface area (Å²) in [6.07, 6.45) is 1.38. The summed E-state index contributed by atoms with van der Waals surface area (Å²) >= 11 is 17.5. The Morgan fingerprint density at radius 3 is 2.60 bits per heavy atom. The Labute approximate surface area is 130 Å². The van der Waals surface area contributed by atoms with Crippen LogP contribution in [0, 0.1) is 0 Å². The van der Waals surface area contributed by atoms with Crippen molar-refractivity contribution in [3.05, 3.63) is 33.7 Å². The van der Waals surface area contributed by atoms with E-state index in [4.69, 9.17) is 39.5 Å². The third-order valence-electron chi connectivity index (χ3n) is 2.12. The van der Waals surface area contributed by atoms with E-state index in [0.29, 0.717) is 0 Å². The number of nitrogens with zero attached hydrogens (tertiary/aromatic N) is 3. The Bertz CT molecular complexity index is 608. The number of ketones is 1. The van der Waals surface area contributed by atoms with Gasteiger partial charge in [-0.25, -0.2) is 9.98 Å². The highest BCUT2D eigenvalue weighted by Gasteiger charge is 2.20. The molecule has 5 nitrogen and oxygen atoms in total. The van der Waals surface area contributed by atoms with Gasteiger partial charge in [-0.2, -0.15) is 0 Å². The van der Waals surface area contributed by atoms with Crippen LogP contribution >= 0.6 is 34.8 Å². The van der Waals surface area contributed by atoms with Gasteiger partial charge >= 0.3 is 0 Å². The topological polar surface area (TPSA) is 63.9 Å². The fraction of sp³-hybridized carbons (Fsp3) is 0.167. The highest BCUT2D eigenvalue weighted by Crippen LogP contribution is 2.28. The van der Waals surface area contributed by atoms with Crippen molar-refractivity contribution in [1.29, 1.82) is 0 Å². The van der Waals surface area contributed by atoms with Gasteiger partial charge in [0.1, 0.15) is 15.9 Å². The summed E-state index contributed by atoms with van der Waals surface area (Å²) in [6.45, 7) is 4.80. The Hall–Kier alpha value is -1.43. The first kappa shape index (κ1) is 16.6. The van der Waals surface area contributed by atoms with Gasteiger partial charge in [-0.3, -0.25) is 9.79 Å². The van der Waals surface area contributed by atoms with Crippen LogP contribution in [0.3, 0.4) is 0 Å². The number of methoxy groups -OCH3 is 1. The van der Waals surface area contributed by atoms with Gasteiger partial charge in [0.25, 0.3) is 0 Å². The number of Topliss-reactive ketones (excluding diaryl/α,β-unsaturated/α-hetero) is 1. The molecule has 0 amide bonds. The fourth-order valence-electron chi connectivity index (χ4n) is 1.29. The SMILES string of the molecule is C=N/C(C(=O)c1ccnc(OC)c1Cl)=C(Cl)\N=C(/C)Cl. The minimum atomic E-state index is -0.558. The highest BCUT2D eigenvalue weighted by molar-refractivity contribution is 6.65. The maximum atomic E-state index is 12.3. The molecule has 0 aromatic carbocycles. The van der Waals surface area contributed by atoms with Gasteiger partial charge in [0, 0.05) is 11.8 Å². The average molecular weight is 335 g/mol. The van der Waals surface area contributed by atoms with Gasteiger partial charge in [0.15, 0.2) is 5.16 Å². The molecule has 0 aliphatic carbocycles. The number of aliphatic imine (C=N–C) groups is 2. The van der Waals surface area contributed by atoms with Gasteiger partial charge in [-0.05, 0) is 19.7 Å². The predicted octanol–water partition coefficient (Wildman–Crippen LogP) is 3.69. The number of allylic oxidation sites excluding steroid dienone is 1. The van der Waals surface area contributed by atoms with Crippen molar-refractivity contribution in [2.45, 2.75) is 6.92 Å². The molecule has 1 rings (SSSR count). The highest BCUT2D eigenvalue weighted by atomic mass is 35.5. The monoisotopic (exact) mass is 333 g/mol. The molecule has 0 aliphatic heterocycles. The molecule has 1 heterocycles. The molecule has 106 valence electrons. The van der Waals surface area contributed by atoms with E-state index in [1.54, 1.807) is 0 Å². The molecule has 1 aromatic heterocycles. The summed E-state index contributed by atoms with van der Waals surface area (Å²) in [6, 6.07) is 1.42. The molecule has 0 atom stereocenters. The Morgan fingerprint density at radius 2 is 2.10 bits per heavy atom. The van der Waals surface area contributed by atoms with E-state index >= 15 is 0 Å². The first-order valence-electron chi connectivity index (χ1n) is 5.22. The zero-order valence-electron chi connectivity index (χ0n) is 10.7. The molecule has 0 spiro atoms. The Balaban J connectivity index is 3.36. The second-order valence-corrected chi connectivity index (χ2v) is 4.70. The number of hydrogen-bond acceptors (Lipinski definition) is 5. The van der Waals surface area contributed by atoms with Crippen LogP contribution in [-0.4, -0.2) is 29.8 Å². The quantitative estimate of drug-likeness (QED) is 0.357. The molecule has 1 aromatic rings. The molecule has 0 radical (unpaired) electrons. The number of carbonyl (C=O) groups excluding carboxylic acids is 1. The second-order valence-electron chi connectivity index (χ2n) is 3.42. The van der Waals surface area contributed by atoms with E-state index < -0.39 is 5.78 Å². The van der Waals surface area contributed by atoms with Gasteiger partial charge in [0.2, 0.25) is 11.7 Å². The summed E-state index contributed by atoms with van der Waals surface area (Å²) in [5.74, 6) is -0.438. The molecule has 0 unspecified atom stereocenters. The summed E-state index contributed by atoms with van der Waals surface area (Å²) in [5.41, 5.74) is -0.0386. The first-order valence-corrected chi connectivity index (χ1v) is 6.36. The average Bonchev–Trinajstić information content (AvgIpc) is 2.38. The van der Waals surface area contributed by atoms with Crippen LogP contribution in [0.1, 0.15) is 17.3 Å². The van der Waals surface area contributed by atoms with Gasteiger partial charge in [-0.1, -0.05) is 34.8 Å². The van der Waals surface area contributed by atoms with Crippen LogP contribution in [0.4, 0.5) is 0 Å². The first-order chi connectivity index (χ1) is 9.42. The molecule has 0 saturated carbocycles. The summed E-state index contributed by atoms with van der Waals surface area (Å²) in [7, 11) is 1.39. The second kappa shape index (κ2) is 7.38. The van der Waals surface area contributed by atoms with Crippen molar-refractivity contribution >= 4 is 52.5 Å². The lowest BCUT2D eigenvalue weighted by atomic mass is 10.1. The van der Waals surface area contributed by atoms with E-state index in [2.05, 4.69) is 21.7 Å². The minimum Gasteiger partial charge on any atom is -0.480 e. The van der Waals surface area contributed by atoms with Crippen molar-refractivity contribution in [2.24, 2.45) is 9.98 Å². The predicted molar refractivity (Wildman–Crippen MR) is 81.5 cm³/mol. The summed E-state index contributed by atoms with van der Waals surface area (Å²) < 4.78 is 4.93. The number of aromatic nitrogens is 1. The van der Waals surface area contributed by atoms with Crippen molar-refractivity contribution in [2.75, 3.05) is 7.11 Å². The molecule has 8 heteroatoms. The molecular weight excluding hydrogens is 325 g/mol. The third kappa shape index (κ3) is 3.79.